The Kier molecular flexibility index (Phi) is 5.65. The first-order valence-electron chi connectivity index (χ1n) is 6.77. The zero-order valence-corrected chi connectivity index (χ0v) is 11.2. The Labute approximate surface area is 109 Å². The summed E-state index contributed by atoms with van der Waals surface area (Å²) in [6, 6.07) is 8.52. The van der Waals surface area contributed by atoms with Crippen LogP contribution in [-0.2, 0) is 22.6 Å². The first-order valence-corrected chi connectivity index (χ1v) is 6.77. The molecule has 0 amide bonds. The summed E-state index contributed by atoms with van der Waals surface area (Å²) in [6.45, 7) is 3.46. The number of benzene rings is 1. The molecule has 18 heavy (non-hydrogen) atoms. The van der Waals surface area contributed by atoms with Crippen molar-refractivity contribution in [1.82, 2.24) is 5.32 Å². The molecule has 1 heterocycles. The molecule has 1 aromatic rings. The van der Waals surface area contributed by atoms with Crippen molar-refractivity contribution in [2.75, 3.05) is 20.3 Å². The average molecular weight is 249 g/mol. The van der Waals surface area contributed by atoms with Crippen molar-refractivity contribution in [3.8, 4) is 0 Å². The summed E-state index contributed by atoms with van der Waals surface area (Å²) < 4.78 is 10.8. The fraction of sp³-hybridized carbons (Fsp3) is 0.600. The third kappa shape index (κ3) is 4.41. The van der Waals surface area contributed by atoms with Gasteiger partial charge in [-0.25, -0.2) is 0 Å². The van der Waals surface area contributed by atoms with Gasteiger partial charge in [-0.1, -0.05) is 24.3 Å². The van der Waals surface area contributed by atoms with Crippen molar-refractivity contribution in [3.63, 3.8) is 0 Å². The summed E-state index contributed by atoms with van der Waals surface area (Å²) in [4.78, 5) is 0. The summed E-state index contributed by atoms with van der Waals surface area (Å²) >= 11 is 0. The number of hydrogen-bond donors (Lipinski definition) is 1. The number of rotatable bonds is 6. The van der Waals surface area contributed by atoms with Crippen molar-refractivity contribution in [3.05, 3.63) is 35.4 Å². The monoisotopic (exact) mass is 249 g/mol. The predicted molar refractivity (Wildman–Crippen MR) is 72.5 cm³/mol. The molecule has 100 valence electrons. The Bertz CT molecular complexity index is 348. The van der Waals surface area contributed by atoms with Crippen LogP contribution < -0.4 is 5.32 Å². The Hall–Kier alpha value is -0.900. The van der Waals surface area contributed by atoms with Gasteiger partial charge >= 0.3 is 0 Å². The van der Waals surface area contributed by atoms with Crippen LogP contribution in [0.15, 0.2) is 24.3 Å². The lowest BCUT2D eigenvalue weighted by atomic mass is 10.1. The summed E-state index contributed by atoms with van der Waals surface area (Å²) in [7, 11) is 1.73. The van der Waals surface area contributed by atoms with Gasteiger partial charge in [0.15, 0.2) is 0 Å². The molecule has 1 atom stereocenters. The van der Waals surface area contributed by atoms with E-state index in [4.69, 9.17) is 9.47 Å². The molecular formula is C15H23NO2. The lowest BCUT2D eigenvalue weighted by Crippen LogP contribution is -2.31. The van der Waals surface area contributed by atoms with Gasteiger partial charge in [0.05, 0.1) is 12.7 Å². The van der Waals surface area contributed by atoms with Crippen molar-refractivity contribution >= 4 is 0 Å². The van der Waals surface area contributed by atoms with E-state index in [2.05, 4.69) is 29.6 Å². The maximum atomic E-state index is 5.70. The number of hydrogen-bond acceptors (Lipinski definition) is 3. The largest absolute Gasteiger partial charge is 0.380 e. The molecule has 0 aliphatic carbocycles. The second-order valence-corrected chi connectivity index (χ2v) is 4.87. The molecule has 1 aliphatic heterocycles. The minimum Gasteiger partial charge on any atom is -0.380 e. The van der Waals surface area contributed by atoms with Crippen molar-refractivity contribution in [2.24, 2.45) is 0 Å². The second-order valence-electron chi connectivity index (χ2n) is 4.87. The first kappa shape index (κ1) is 13.5. The van der Waals surface area contributed by atoms with Gasteiger partial charge < -0.3 is 14.8 Å². The lowest BCUT2D eigenvalue weighted by Gasteiger charge is -2.22. The van der Waals surface area contributed by atoms with Gasteiger partial charge in [-0.15, -0.1) is 0 Å². The fourth-order valence-corrected chi connectivity index (χ4v) is 2.34. The molecule has 0 radical (unpaired) electrons. The van der Waals surface area contributed by atoms with Gasteiger partial charge in [0.25, 0.3) is 0 Å². The highest BCUT2D eigenvalue weighted by Gasteiger charge is 2.12. The second kappa shape index (κ2) is 7.52. The minimum atomic E-state index is 0.404. The smallest absolute Gasteiger partial charge is 0.0713 e. The van der Waals surface area contributed by atoms with E-state index in [1.807, 2.05) is 0 Å². The molecule has 1 N–H and O–H groups in total. The van der Waals surface area contributed by atoms with Gasteiger partial charge in [-0.3, -0.25) is 0 Å². The van der Waals surface area contributed by atoms with Crippen molar-refractivity contribution < 1.29 is 9.47 Å². The van der Waals surface area contributed by atoms with Crippen LogP contribution in [0.3, 0.4) is 0 Å². The van der Waals surface area contributed by atoms with E-state index in [-0.39, 0.29) is 0 Å². The Morgan fingerprint density at radius 2 is 2.22 bits per heavy atom. The van der Waals surface area contributed by atoms with Crippen LogP contribution in [-0.4, -0.2) is 26.4 Å². The molecule has 0 saturated carbocycles. The van der Waals surface area contributed by atoms with Crippen LogP contribution in [0, 0.1) is 0 Å². The van der Waals surface area contributed by atoms with Crippen LogP contribution in [0.25, 0.3) is 0 Å². The van der Waals surface area contributed by atoms with Crippen molar-refractivity contribution in [1.29, 1.82) is 0 Å². The first-order chi connectivity index (χ1) is 8.88. The van der Waals surface area contributed by atoms with Crippen LogP contribution in [0.1, 0.15) is 30.4 Å². The van der Waals surface area contributed by atoms with Crippen LogP contribution in [0.5, 0.6) is 0 Å². The zero-order chi connectivity index (χ0) is 12.6. The van der Waals surface area contributed by atoms with Gasteiger partial charge in [0, 0.05) is 26.8 Å². The highest BCUT2D eigenvalue weighted by atomic mass is 16.5. The summed E-state index contributed by atoms with van der Waals surface area (Å²) in [5.41, 5.74) is 2.53. The third-order valence-electron chi connectivity index (χ3n) is 3.28. The topological polar surface area (TPSA) is 30.5 Å². The van der Waals surface area contributed by atoms with E-state index >= 15 is 0 Å². The Morgan fingerprint density at radius 1 is 1.33 bits per heavy atom. The molecule has 3 heteroatoms. The number of ether oxygens (including phenoxy) is 2. The van der Waals surface area contributed by atoms with E-state index in [1.165, 1.54) is 30.4 Å². The highest BCUT2D eigenvalue weighted by Crippen LogP contribution is 2.12. The lowest BCUT2D eigenvalue weighted by molar-refractivity contribution is 0.0168. The van der Waals surface area contributed by atoms with Gasteiger partial charge in [-0.05, 0) is 30.4 Å². The standard InChI is InChI=1S/C15H23NO2/c1-17-12-14-6-4-5-13(9-14)10-16-11-15-7-2-3-8-18-15/h4-6,9,15-16H,2-3,7-8,10-12H2,1H3. The minimum absolute atomic E-state index is 0.404. The quantitative estimate of drug-likeness (QED) is 0.840. The molecule has 1 saturated heterocycles. The third-order valence-corrected chi connectivity index (χ3v) is 3.28. The van der Waals surface area contributed by atoms with Gasteiger partial charge in [0.2, 0.25) is 0 Å². The molecule has 3 nitrogen and oxygen atoms in total. The predicted octanol–water partition coefficient (Wildman–Crippen LogP) is 2.49. The van der Waals surface area contributed by atoms with Crippen LogP contribution in [0.2, 0.25) is 0 Å². The highest BCUT2D eigenvalue weighted by molar-refractivity contribution is 5.22. The van der Waals surface area contributed by atoms with Crippen LogP contribution in [0.4, 0.5) is 0 Å². The average Bonchev–Trinajstić information content (AvgIpc) is 2.41. The maximum absolute atomic E-state index is 5.70. The molecule has 0 bridgehead atoms. The molecule has 0 aromatic heterocycles. The molecule has 0 spiro atoms. The van der Waals surface area contributed by atoms with E-state index in [1.54, 1.807) is 7.11 Å². The summed E-state index contributed by atoms with van der Waals surface area (Å²) in [5.74, 6) is 0. The SMILES string of the molecule is COCc1cccc(CNCC2CCCCO2)c1. The number of methoxy groups -OCH3 is 1. The zero-order valence-electron chi connectivity index (χ0n) is 11.2. The normalized spacial score (nSPS) is 19.9. The molecule has 1 aromatic carbocycles. The summed E-state index contributed by atoms with van der Waals surface area (Å²) in [5, 5.41) is 3.47. The molecule has 1 unspecified atom stereocenters. The molecule has 1 aliphatic rings. The molecule has 1 fully saturated rings. The Morgan fingerprint density at radius 3 is 3.00 bits per heavy atom. The summed E-state index contributed by atoms with van der Waals surface area (Å²) in [6.07, 6.45) is 4.11. The van der Waals surface area contributed by atoms with E-state index < -0.39 is 0 Å². The number of nitrogens with one attached hydrogen (secondary N) is 1. The van der Waals surface area contributed by atoms with Gasteiger partial charge in [0.1, 0.15) is 0 Å². The fourth-order valence-electron chi connectivity index (χ4n) is 2.34. The van der Waals surface area contributed by atoms with Crippen molar-refractivity contribution in [2.45, 2.75) is 38.5 Å². The molecular weight excluding hydrogens is 226 g/mol. The van der Waals surface area contributed by atoms with E-state index in [0.29, 0.717) is 12.7 Å². The van der Waals surface area contributed by atoms with Gasteiger partial charge in [-0.2, -0.15) is 0 Å². The maximum Gasteiger partial charge on any atom is 0.0713 e. The Balaban J connectivity index is 1.73. The van der Waals surface area contributed by atoms with Crippen LogP contribution >= 0.6 is 0 Å². The van der Waals surface area contributed by atoms with E-state index in [9.17, 15) is 0 Å². The van der Waals surface area contributed by atoms with E-state index in [0.717, 1.165) is 19.7 Å². The molecule has 2 rings (SSSR count).